The second kappa shape index (κ2) is 11.7. The molecule has 3 rings (SSSR count). The van der Waals surface area contributed by atoms with Crippen molar-refractivity contribution in [2.45, 2.75) is 39.5 Å². The molecule has 2 atom stereocenters. The van der Waals surface area contributed by atoms with Gasteiger partial charge in [-0.05, 0) is 60.0 Å². The number of hydrogen-bond donors (Lipinski definition) is 3. The fourth-order valence-corrected chi connectivity index (χ4v) is 4.18. The molecule has 0 bridgehead atoms. The highest BCUT2D eigenvalue weighted by atomic mass is 79.9. The third-order valence-electron chi connectivity index (χ3n) is 5.31. The predicted octanol–water partition coefficient (Wildman–Crippen LogP) is 3.73. The number of nitrogens with one attached hydrogen (secondary N) is 3. The Morgan fingerprint density at radius 3 is 2.57 bits per heavy atom. The first-order chi connectivity index (χ1) is 16.7. The van der Waals surface area contributed by atoms with Crippen molar-refractivity contribution in [1.82, 2.24) is 16.0 Å². The van der Waals surface area contributed by atoms with Crippen LogP contribution in [0.25, 0.3) is 0 Å². The van der Waals surface area contributed by atoms with Crippen molar-refractivity contribution in [3.05, 3.63) is 69.3 Å². The molecule has 186 valence electrons. The van der Waals surface area contributed by atoms with E-state index in [0.29, 0.717) is 39.4 Å². The highest BCUT2D eigenvalue weighted by Gasteiger charge is 2.32. The van der Waals surface area contributed by atoms with Gasteiger partial charge in [-0.15, -0.1) is 0 Å². The van der Waals surface area contributed by atoms with E-state index in [2.05, 4.69) is 31.9 Å². The van der Waals surface area contributed by atoms with E-state index in [1.807, 2.05) is 30.3 Å². The second-order valence-corrected chi connectivity index (χ2v) is 8.64. The number of amides is 3. The molecule has 0 fully saturated rings. The summed E-state index contributed by atoms with van der Waals surface area (Å²) < 4.78 is 16.8. The third-order valence-corrected chi connectivity index (χ3v) is 5.90. The molecule has 35 heavy (non-hydrogen) atoms. The number of carbonyl (C=O) groups is 3. The Balaban J connectivity index is 1.91. The third kappa shape index (κ3) is 6.33. The van der Waals surface area contributed by atoms with Crippen molar-refractivity contribution in [2.75, 3.05) is 13.7 Å². The summed E-state index contributed by atoms with van der Waals surface area (Å²) in [5, 5.41) is 8.38. The van der Waals surface area contributed by atoms with E-state index < -0.39 is 24.1 Å². The van der Waals surface area contributed by atoms with Gasteiger partial charge in [0.2, 0.25) is 0 Å². The molecule has 0 saturated heterocycles. The largest absolute Gasteiger partial charge is 0.493 e. The number of hydrogen-bond acceptors (Lipinski definition) is 6. The quantitative estimate of drug-likeness (QED) is 0.413. The van der Waals surface area contributed by atoms with Gasteiger partial charge in [0, 0.05) is 12.2 Å². The van der Waals surface area contributed by atoms with Crippen LogP contribution in [-0.2, 0) is 20.9 Å². The number of urea groups is 1. The number of benzene rings is 2. The van der Waals surface area contributed by atoms with Crippen molar-refractivity contribution in [1.29, 1.82) is 0 Å². The Labute approximate surface area is 212 Å². The molecule has 0 radical (unpaired) electrons. The molecular weight excluding hydrogens is 518 g/mol. The molecule has 0 spiro atoms. The Morgan fingerprint density at radius 1 is 1.20 bits per heavy atom. The summed E-state index contributed by atoms with van der Waals surface area (Å²) in [6.45, 7) is 5.54. The van der Waals surface area contributed by atoms with Crippen molar-refractivity contribution in [2.24, 2.45) is 0 Å². The first-order valence-corrected chi connectivity index (χ1v) is 11.9. The number of rotatable bonds is 9. The SMILES string of the molecule is CCOC(=O)C(C)Oc1c(Br)cc(C2NC(=O)NC(C)=C2C(=O)NCc2ccccc2)cc1OC. The molecule has 3 amide bonds. The van der Waals surface area contributed by atoms with Gasteiger partial charge in [-0.3, -0.25) is 4.79 Å². The van der Waals surface area contributed by atoms with E-state index in [0.717, 1.165) is 5.56 Å². The fourth-order valence-electron chi connectivity index (χ4n) is 3.62. The molecule has 2 unspecified atom stereocenters. The fraction of sp³-hybridized carbons (Fsp3) is 0.320. The van der Waals surface area contributed by atoms with Gasteiger partial charge in [0.1, 0.15) is 0 Å². The molecule has 0 aliphatic carbocycles. The van der Waals surface area contributed by atoms with E-state index in [9.17, 15) is 14.4 Å². The zero-order valence-corrected chi connectivity index (χ0v) is 21.5. The molecule has 2 aromatic carbocycles. The smallest absolute Gasteiger partial charge is 0.347 e. The van der Waals surface area contributed by atoms with Gasteiger partial charge in [-0.1, -0.05) is 30.3 Å². The summed E-state index contributed by atoms with van der Waals surface area (Å²) in [5.41, 5.74) is 2.34. The summed E-state index contributed by atoms with van der Waals surface area (Å²) >= 11 is 3.47. The van der Waals surface area contributed by atoms with Crippen LogP contribution in [0.5, 0.6) is 11.5 Å². The maximum absolute atomic E-state index is 13.2. The molecular formula is C25H28BrN3O6. The lowest BCUT2D eigenvalue weighted by Gasteiger charge is -2.29. The zero-order valence-electron chi connectivity index (χ0n) is 19.9. The standard InChI is InChI=1S/C25H28BrN3O6/c1-5-34-24(31)15(3)35-22-18(26)11-17(12-19(22)33-4)21-20(14(2)28-25(32)29-21)23(30)27-13-16-9-7-6-8-10-16/h6-12,15,21H,5,13H2,1-4H3,(H,27,30)(H2,28,29,32). The molecule has 3 N–H and O–H groups in total. The minimum Gasteiger partial charge on any atom is -0.493 e. The van der Waals surface area contributed by atoms with Crippen LogP contribution in [0.15, 0.2) is 58.2 Å². The molecule has 1 aliphatic rings. The Hall–Kier alpha value is -3.53. The number of methoxy groups -OCH3 is 1. The molecule has 10 heteroatoms. The highest BCUT2D eigenvalue weighted by molar-refractivity contribution is 9.10. The number of ether oxygens (including phenoxy) is 3. The minimum atomic E-state index is -0.869. The van der Waals surface area contributed by atoms with Crippen LogP contribution in [0.3, 0.4) is 0 Å². The Bertz CT molecular complexity index is 1140. The van der Waals surface area contributed by atoms with Gasteiger partial charge in [-0.2, -0.15) is 0 Å². The van der Waals surface area contributed by atoms with Gasteiger partial charge in [-0.25, -0.2) is 9.59 Å². The van der Waals surface area contributed by atoms with E-state index >= 15 is 0 Å². The van der Waals surface area contributed by atoms with Crippen molar-refractivity contribution < 1.29 is 28.6 Å². The van der Waals surface area contributed by atoms with Crippen molar-refractivity contribution in [3.8, 4) is 11.5 Å². The summed E-state index contributed by atoms with van der Waals surface area (Å²) in [7, 11) is 1.46. The van der Waals surface area contributed by atoms with Gasteiger partial charge < -0.3 is 30.2 Å². The highest BCUT2D eigenvalue weighted by Crippen LogP contribution is 2.40. The first-order valence-electron chi connectivity index (χ1n) is 11.1. The summed E-state index contributed by atoms with van der Waals surface area (Å²) in [6, 6.07) is 11.7. The van der Waals surface area contributed by atoms with Crippen LogP contribution in [0.2, 0.25) is 0 Å². The number of halogens is 1. The second-order valence-electron chi connectivity index (χ2n) is 7.78. The molecule has 1 aliphatic heterocycles. The van der Waals surface area contributed by atoms with Crippen LogP contribution in [0.1, 0.15) is 37.9 Å². The van der Waals surface area contributed by atoms with E-state index in [1.165, 1.54) is 7.11 Å². The molecule has 0 saturated carbocycles. The van der Waals surface area contributed by atoms with Crippen LogP contribution < -0.4 is 25.4 Å². The number of carbonyl (C=O) groups excluding carboxylic acids is 3. The van der Waals surface area contributed by atoms with Gasteiger partial charge in [0.25, 0.3) is 5.91 Å². The normalized spacial score (nSPS) is 16.0. The monoisotopic (exact) mass is 545 g/mol. The lowest BCUT2D eigenvalue weighted by molar-refractivity contribution is -0.150. The van der Waals surface area contributed by atoms with Crippen LogP contribution in [-0.4, -0.2) is 37.7 Å². The number of esters is 1. The maximum Gasteiger partial charge on any atom is 0.347 e. The lowest BCUT2D eigenvalue weighted by Crippen LogP contribution is -2.46. The van der Waals surface area contributed by atoms with Gasteiger partial charge in [0.05, 0.1) is 29.8 Å². The first kappa shape index (κ1) is 26.1. The molecule has 2 aromatic rings. The summed E-state index contributed by atoms with van der Waals surface area (Å²) in [6.07, 6.45) is -0.869. The van der Waals surface area contributed by atoms with E-state index in [1.54, 1.807) is 32.9 Å². The van der Waals surface area contributed by atoms with Crippen molar-refractivity contribution >= 4 is 33.8 Å². The number of allylic oxidation sites excluding steroid dienone is 1. The predicted molar refractivity (Wildman–Crippen MR) is 133 cm³/mol. The van der Waals surface area contributed by atoms with Crippen LogP contribution >= 0.6 is 15.9 Å². The van der Waals surface area contributed by atoms with Crippen LogP contribution in [0, 0.1) is 0 Å². The maximum atomic E-state index is 13.2. The van der Waals surface area contributed by atoms with Crippen molar-refractivity contribution in [3.63, 3.8) is 0 Å². The molecule has 0 aromatic heterocycles. The Morgan fingerprint density at radius 2 is 1.91 bits per heavy atom. The summed E-state index contributed by atoms with van der Waals surface area (Å²) in [4.78, 5) is 37.5. The summed E-state index contributed by atoms with van der Waals surface area (Å²) in [5.74, 6) is -0.213. The topological polar surface area (TPSA) is 115 Å². The van der Waals surface area contributed by atoms with E-state index in [4.69, 9.17) is 14.2 Å². The van der Waals surface area contributed by atoms with E-state index in [-0.39, 0.29) is 12.5 Å². The minimum absolute atomic E-state index is 0.236. The van der Waals surface area contributed by atoms with Gasteiger partial charge in [0.15, 0.2) is 17.6 Å². The zero-order chi connectivity index (χ0) is 25.5. The van der Waals surface area contributed by atoms with Crippen LogP contribution in [0.4, 0.5) is 4.79 Å². The lowest BCUT2D eigenvalue weighted by atomic mass is 9.94. The Kier molecular flexibility index (Phi) is 8.75. The molecule has 1 heterocycles. The molecule has 9 nitrogen and oxygen atoms in total. The average Bonchev–Trinajstić information content (AvgIpc) is 2.83. The average molecular weight is 546 g/mol. The van der Waals surface area contributed by atoms with Gasteiger partial charge >= 0.3 is 12.0 Å².